The minimum atomic E-state index is -0.147. The molecular formula is C22H25N3OS2. The van der Waals surface area contributed by atoms with Gasteiger partial charge < -0.3 is 0 Å². The first-order valence-corrected chi connectivity index (χ1v) is 11.4. The smallest absolute Gasteiger partial charge is 0.257 e. The van der Waals surface area contributed by atoms with Crippen molar-refractivity contribution in [2.45, 2.75) is 49.6 Å². The van der Waals surface area contributed by atoms with Gasteiger partial charge in [0.2, 0.25) is 5.13 Å². The van der Waals surface area contributed by atoms with E-state index in [4.69, 9.17) is 0 Å². The topological polar surface area (TPSA) is 54.9 Å². The Labute approximate surface area is 174 Å². The van der Waals surface area contributed by atoms with Gasteiger partial charge in [-0.25, -0.2) is 0 Å². The van der Waals surface area contributed by atoms with Crippen LogP contribution in [-0.4, -0.2) is 16.1 Å². The molecular weight excluding hydrogens is 386 g/mol. The monoisotopic (exact) mass is 411 g/mol. The summed E-state index contributed by atoms with van der Waals surface area (Å²) in [6.07, 6.45) is 4.71. The van der Waals surface area contributed by atoms with Crippen molar-refractivity contribution in [1.82, 2.24) is 10.2 Å². The fraction of sp³-hybridized carbons (Fsp3) is 0.318. The standard InChI is InChI=1S/C22H25N3OS2/c1-3-4-5-8-17-10-12-19(13-11-17)20(26)23-21-24-25-22(28-21)27-15-18-9-6-7-16(2)14-18/h6-7,9-14H,3-5,8,15H2,1-2H3,(H,23,24,26). The molecule has 0 aliphatic rings. The van der Waals surface area contributed by atoms with Crippen molar-refractivity contribution in [2.24, 2.45) is 0 Å². The fourth-order valence-electron chi connectivity index (χ4n) is 2.84. The van der Waals surface area contributed by atoms with Crippen molar-refractivity contribution in [1.29, 1.82) is 0 Å². The van der Waals surface area contributed by atoms with E-state index in [2.05, 4.69) is 53.6 Å². The second-order valence-corrected chi connectivity index (χ2v) is 8.96. The van der Waals surface area contributed by atoms with Crippen molar-refractivity contribution in [3.8, 4) is 0 Å². The lowest BCUT2D eigenvalue weighted by Crippen LogP contribution is -2.11. The molecule has 1 heterocycles. The average molecular weight is 412 g/mol. The van der Waals surface area contributed by atoms with Crippen molar-refractivity contribution in [3.05, 3.63) is 70.8 Å². The Morgan fingerprint density at radius 2 is 1.89 bits per heavy atom. The van der Waals surface area contributed by atoms with E-state index < -0.39 is 0 Å². The van der Waals surface area contributed by atoms with Gasteiger partial charge in [-0.05, 0) is 43.0 Å². The van der Waals surface area contributed by atoms with Crippen LogP contribution >= 0.6 is 23.1 Å². The number of benzene rings is 2. The van der Waals surface area contributed by atoms with Crippen LogP contribution in [0.4, 0.5) is 5.13 Å². The maximum atomic E-state index is 12.4. The molecule has 4 nitrogen and oxygen atoms in total. The van der Waals surface area contributed by atoms with Crippen LogP contribution < -0.4 is 5.32 Å². The molecule has 2 aromatic carbocycles. The number of unbranched alkanes of at least 4 members (excludes halogenated alkanes) is 2. The number of amides is 1. The molecule has 0 aliphatic carbocycles. The summed E-state index contributed by atoms with van der Waals surface area (Å²) in [5, 5.41) is 11.6. The van der Waals surface area contributed by atoms with Gasteiger partial charge in [-0.3, -0.25) is 10.1 Å². The summed E-state index contributed by atoms with van der Waals surface area (Å²) in [4.78, 5) is 12.4. The molecule has 1 amide bonds. The van der Waals surface area contributed by atoms with Crippen LogP contribution in [-0.2, 0) is 12.2 Å². The van der Waals surface area contributed by atoms with Crippen LogP contribution in [0.2, 0.25) is 0 Å². The lowest BCUT2D eigenvalue weighted by Gasteiger charge is -2.04. The first kappa shape index (κ1) is 20.6. The van der Waals surface area contributed by atoms with Crippen LogP contribution in [0.1, 0.15) is 53.2 Å². The molecule has 28 heavy (non-hydrogen) atoms. The second kappa shape index (κ2) is 10.4. The zero-order chi connectivity index (χ0) is 19.8. The minimum Gasteiger partial charge on any atom is -0.296 e. The van der Waals surface area contributed by atoms with E-state index in [9.17, 15) is 4.79 Å². The van der Waals surface area contributed by atoms with Gasteiger partial charge in [-0.1, -0.05) is 84.8 Å². The normalized spacial score (nSPS) is 10.8. The predicted molar refractivity (Wildman–Crippen MR) is 118 cm³/mol. The Morgan fingerprint density at radius 3 is 2.64 bits per heavy atom. The number of thioether (sulfide) groups is 1. The molecule has 0 unspecified atom stereocenters. The molecule has 1 N–H and O–H groups in total. The highest BCUT2D eigenvalue weighted by Gasteiger charge is 2.11. The molecule has 1 aromatic heterocycles. The van der Waals surface area contributed by atoms with Gasteiger partial charge >= 0.3 is 0 Å². The van der Waals surface area contributed by atoms with Gasteiger partial charge in [-0.2, -0.15) is 0 Å². The van der Waals surface area contributed by atoms with E-state index in [1.165, 1.54) is 47.3 Å². The maximum Gasteiger partial charge on any atom is 0.257 e. The highest BCUT2D eigenvalue weighted by Crippen LogP contribution is 2.28. The van der Waals surface area contributed by atoms with Crippen molar-refractivity contribution in [2.75, 3.05) is 5.32 Å². The Bertz CT molecular complexity index is 906. The van der Waals surface area contributed by atoms with Gasteiger partial charge in [0.15, 0.2) is 4.34 Å². The highest BCUT2D eigenvalue weighted by molar-refractivity contribution is 8.00. The van der Waals surface area contributed by atoms with E-state index in [-0.39, 0.29) is 5.91 Å². The molecule has 0 atom stereocenters. The molecule has 0 bridgehead atoms. The van der Waals surface area contributed by atoms with E-state index in [1.807, 2.05) is 24.3 Å². The third-order valence-corrected chi connectivity index (χ3v) is 6.40. The molecule has 0 fully saturated rings. The average Bonchev–Trinajstić information content (AvgIpc) is 3.14. The Hall–Kier alpha value is -2.18. The molecule has 0 saturated carbocycles. The van der Waals surface area contributed by atoms with Crippen LogP contribution in [0.3, 0.4) is 0 Å². The van der Waals surface area contributed by atoms with Gasteiger partial charge in [-0.15, -0.1) is 10.2 Å². The van der Waals surface area contributed by atoms with Crippen molar-refractivity contribution < 1.29 is 4.79 Å². The molecule has 146 valence electrons. The van der Waals surface area contributed by atoms with Crippen LogP contribution in [0.25, 0.3) is 0 Å². The lowest BCUT2D eigenvalue weighted by molar-refractivity contribution is 0.102. The molecule has 0 saturated heterocycles. The van der Waals surface area contributed by atoms with Crippen molar-refractivity contribution in [3.63, 3.8) is 0 Å². The van der Waals surface area contributed by atoms with Gasteiger partial charge in [0, 0.05) is 11.3 Å². The minimum absolute atomic E-state index is 0.147. The number of carbonyl (C=O) groups is 1. The Morgan fingerprint density at radius 1 is 1.07 bits per heavy atom. The largest absolute Gasteiger partial charge is 0.296 e. The van der Waals surface area contributed by atoms with E-state index >= 15 is 0 Å². The van der Waals surface area contributed by atoms with Crippen LogP contribution in [0, 0.1) is 6.92 Å². The molecule has 0 spiro atoms. The summed E-state index contributed by atoms with van der Waals surface area (Å²) in [7, 11) is 0. The summed E-state index contributed by atoms with van der Waals surface area (Å²) in [5.74, 6) is 0.690. The number of nitrogens with one attached hydrogen (secondary N) is 1. The number of anilines is 1. The zero-order valence-corrected chi connectivity index (χ0v) is 17.9. The third kappa shape index (κ3) is 6.17. The summed E-state index contributed by atoms with van der Waals surface area (Å²) >= 11 is 3.04. The number of rotatable bonds is 9. The lowest BCUT2D eigenvalue weighted by atomic mass is 10.1. The van der Waals surface area contributed by atoms with E-state index in [0.29, 0.717) is 10.7 Å². The summed E-state index contributed by atoms with van der Waals surface area (Å²) in [6, 6.07) is 16.3. The molecule has 0 radical (unpaired) electrons. The number of carbonyl (C=O) groups excluding carboxylic acids is 1. The Kier molecular flexibility index (Phi) is 7.62. The van der Waals surface area contributed by atoms with Gasteiger partial charge in [0.25, 0.3) is 5.91 Å². The third-order valence-electron chi connectivity index (χ3n) is 4.36. The summed E-state index contributed by atoms with van der Waals surface area (Å²) in [6.45, 7) is 4.29. The molecule has 6 heteroatoms. The molecule has 0 aliphatic heterocycles. The maximum absolute atomic E-state index is 12.4. The highest BCUT2D eigenvalue weighted by atomic mass is 32.2. The van der Waals surface area contributed by atoms with Crippen LogP contribution in [0.15, 0.2) is 52.9 Å². The molecule has 3 rings (SSSR count). The predicted octanol–water partition coefficient (Wildman–Crippen LogP) is 6.12. The van der Waals surface area contributed by atoms with Gasteiger partial charge in [0.1, 0.15) is 0 Å². The number of hydrogen-bond donors (Lipinski definition) is 1. The number of hydrogen-bond acceptors (Lipinski definition) is 5. The van der Waals surface area contributed by atoms with Gasteiger partial charge in [0.05, 0.1) is 0 Å². The second-order valence-electron chi connectivity index (χ2n) is 6.76. The number of aromatic nitrogens is 2. The fourth-order valence-corrected chi connectivity index (χ4v) is 4.53. The first-order chi connectivity index (χ1) is 13.6. The summed E-state index contributed by atoms with van der Waals surface area (Å²) < 4.78 is 0.850. The van der Waals surface area contributed by atoms with Crippen LogP contribution in [0.5, 0.6) is 0 Å². The number of aryl methyl sites for hydroxylation is 2. The number of nitrogens with zero attached hydrogens (tertiary/aromatic N) is 2. The quantitative estimate of drug-likeness (QED) is 0.262. The first-order valence-electron chi connectivity index (χ1n) is 9.56. The summed E-state index contributed by atoms with van der Waals surface area (Å²) in [5.41, 5.74) is 4.42. The SMILES string of the molecule is CCCCCc1ccc(C(=O)Nc2nnc(SCc3cccc(C)c3)s2)cc1. The Balaban J connectivity index is 1.52. The van der Waals surface area contributed by atoms with E-state index in [1.54, 1.807) is 11.8 Å². The van der Waals surface area contributed by atoms with E-state index in [0.717, 1.165) is 16.5 Å². The zero-order valence-electron chi connectivity index (χ0n) is 16.3. The molecule has 3 aromatic rings. The van der Waals surface area contributed by atoms with Crippen molar-refractivity contribution >= 4 is 34.1 Å².